The summed E-state index contributed by atoms with van der Waals surface area (Å²) in [4.78, 5) is 14.1. The van der Waals surface area contributed by atoms with Crippen LogP contribution in [0.3, 0.4) is 0 Å². The molecule has 0 saturated carbocycles. The Bertz CT molecular complexity index is 642. The van der Waals surface area contributed by atoms with Crippen LogP contribution >= 0.6 is 15.9 Å². The van der Waals surface area contributed by atoms with Crippen LogP contribution in [0, 0.1) is 12.7 Å². The third-order valence-electron chi connectivity index (χ3n) is 3.09. The summed E-state index contributed by atoms with van der Waals surface area (Å²) in [6.45, 7) is 4.28. The quantitative estimate of drug-likeness (QED) is 0.804. The lowest BCUT2D eigenvalue weighted by atomic mass is 10.1. The number of nitrogens with zero attached hydrogens (tertiary/aromatic N) is 1. The zero-order chi connectivity index (χ0) is 14.7. The first-order valence-corrected chi connectivity index (χ1v) is 7.16. The van der Waals surface area contributed by atoms with E-state index in [0.29, 0.717) is 17.8 Å². The maximum absolute atomic E-state index is 13.3. The Kier molecular flexibility index (Phi) is 4.55. The molecule has 0 aliphatic rings. The van der Waals surface area contributed by atoms with Crippen molar-refractivity contribution in [3.8, 4) is 0 Å². The van der Waals surface area contributed by atoms with Crippen LogP contribution in [0.4, 0.5) is 10.1 Å². The molecule has 0 aliphatic carbocycles. The predicted octanol–water partition coefficient (Wildman–Crippen LogP) is 4.56. The molecule has 0 unspecified atom stereocenters. The highest BCUT2D eigenvalue weighted by molar-refractivity contribution is 9.10. The molecule has 2 rings (SSSR count). The minimum absolute atomic E-state index is 0.131. The van der Waals surface area contributed by atoms with E-state index in [1.54, 1.807) is 23.1 Å². The summed E-state index contributed by atoms with van der Waals surface area (Å²) >= 11 is 3.41. The molecule has 1 amide bonds. The van der Waals surface area contributed by atoms with Gasteiger partial charge in [-0.15, -0.1) is 0 Å². The largest absolute Gasteiger partial charge is 0.309 e. The van der Waals surface area contributed by atoms with Crippen molar-refractivity contribution >= 4 is 27.5 Å². The molecule has 0 bridgehead atoms. The van der Waals surface area contributed by atoms with Gasteiger partial charge in [-0.3, -0.25) is 4.79 Å². The fourth-order valence-electron chi connectivity index (χ4n) is 2.02. The molecule has 2 aromatic carbocycles. The van der Waals surface area contributed by atoms with Crippen LogP contribution < -0.4 is 4.90 Å². The number of hydrogen-bond acceptors (Lipinski definition) is 1. The minimum atomic E-state index is -0.347. The zero-order valence-corrected chi connectivity index (χ0v) is 12.9. The van der Waals surface area contributed by atoms with Gasteiger partial charge in [0.2, 0.25) is 0 Å². The number of rotatable bonds is 3. The number of halogens is 2. The van der Waals surface area contributed by atoms with Crippen LogP contribution in [0.15, 0.2) is 46.9 Å². The number of hydrogen-bond donors (Lipinski definition) is 0. The Labute approximate surface area is 126 Å². The molecule has 2 nitrogen and oxygen atoms in total. The maximum Gasteiger partial charge on any atom is 0.258 e. The van der Waals surface area contributed by atoms with Gasteiger partial charge in [0.1, 0.15) is 5.82 Å². The summed E-state index contributed by atoms with van der Waals surface area (Å²) in [5.41, 5.74) is 2.15. The van der Waals surface area contributed by atoms with Crippen molar-refractivity contribution < 1.29 is 9.18 Å². The Balaban J connectivity index is 2.36. The lowest BCUT2D eigenvalue weighted by Gasteiger charge is -2.21. The second-order valence-corrected chi connectivity index (χ2v) is 5.35. The molecule has 0 aliphatic heterocycles. The third kappa shape index (κ3) is 3.07. The van der Waals surface area contributed by atoms with Gasteiger partial charge < -0.3 is 4.90 Å². The molecule has 4 heteroatoms. The number of carbonyl (C=O) groups excluding carboxylic acids is 1. The van der Waals surface area contributed by atoms with Crippen LogP contribution in [-0.4, -0.2) is 12.5 Å². The van der Waals surface area contributed by atoms with Gasteiger partial charge in [0, 0.05) is 22.3 Å². The maximum atomic E-state index is 13.3. The van der Waals surface area contributed by atoms with Crippen molar-refractivity contribution in [3.63, 3.8) is 0 Å². The van der Waals surface area contributed by atoms with E-state index in [0.717, 1.165) is 10.0 Å². The van der Waals surface area contributed by atoms with Gasteiger partial charge >= 0.3 is 0 Å². The van der Waals surface area contributed by atoms with Gasteiger partial charge in [-0.1, -0.05) is 22.0 Å². The van der Waals surface area contributed by atoms with Gasteiger partial charge in [-0.05, 0) is 55.8 Å². The van der Waals surface area contributed by atoms with Crippen LogP contribution in [0.5, 0.6) is 0 Å². The number of benzene rings is 2. The van der Waals surface area contributed by atoms with Crippen LogP contribution in [0.1, 0.15) is 22.8 Å². The van der Waals surface area contributed by atoms with Crippen molar-refractivity contribution in [3.05, 3.63) is 63.9 Å². The normalized spacial score (nSPS) is 10.4. The third-order valence-corrected chi connectivity index (χ3v) is 3.98. The molecular formula is C16H15BrFNO. The van der Waals surface area contributed by atoms with Crippen LogP contribution in [-0.2, 0) is 0 Å². The summed E-state index contributed by atoms with van der Waals surface area (Å²) in [5, 5.41) is 0. The van der Waals surface area contributed by atoms with Crippen LogP contribution in [0.2, 0.25) is 0 Å². The van der Waals surface area contributed by atoms with Gasteiger partial charge in [0.15, 0.2) is 0 Å². The van der Waals surface area contributed by atoms with Gasteiger partial charge in [-0.25, -0.2) is 4.39 Å². The smallest absolute Gasteiger partial charge is 0.258 e. The molecule has 0 fully saturated rings. The molecule has 0 heterocycles. The highest BCUT2D eigenvalue weighted by Gasteiger charge is 2.17. The van der Waals surface area contributed by atoms with Crippen molar-refractivity contribution in [2.45, 2.75) is 13.8 Å². The van der Waals surface area contributed by atoms with E-state index in [1.165, 1.54) is 12.1 Å². The second-order valence-electron chi connectivity index (χ2n) is 4.49. The Hall–Kier alpha value is -1.68. The molecule has 20 heavy (non-hydrogen) atoms. The van der Waals surface area contributed by atoms with Crippen molar-refractivity contribution in [1.29, 1.82) is 0 Å². The van der Waals surface area contributed by atoms with E-state index in [4.69, 9.17) is 0 Å². The summed E-state index contributed by atoms with van der Waals surface area (Å²) in [6.07, 6.45) is 0. The number of aryl methyl sites for hydroxylation is 1. The molecule has 0 N–H and O–H groups in total. The van der Waals surface area contributed by atoms with E-state index in [2.05, 4.69) is 15.9 Å². The van der Waals surface area contributed by atoms with Gasteiger partial charge in [0.05, 0.1) is 0 Å². The molecular weight excluding hydrogens is 321 g/mol. The molecule has 0 aromatic heterocycles. The SMILES string of the molecule is CCN(C(=O)c1ccc(Br)c(C)c1)c1cccc(F)c1. The van der Waals surface area contributed by atoms with Gasteiger partial charge in [0.25, 0.3) is 5.91 Å². The predicted molar refractivity (Wildman–Crippen MR) is 82.6 cm³/mol. The van der Waals surface area contributed by atoms with Crippen LogP contribution in [0.25, 0.3) is 0 Å². The second kappa shape index (κ2) is 6.18. The lowest BCUT2D eigenvalue weighted by molar-refractivity contribution is 0.0988. The van der Waals surface area contributed by atoms with E-state index < -0.39 is 0 Å². The van der Waals surface area contributed by atoms with E-state index >= 15 is 0 Å². The number of carbonyl (C=O) groups is 1. The highest BCUT2D eigenvalue weighted by atomic mass is 79.9. The van der Waals surface area contributed by atoms with Crippen molar-refractivity contribution in [2.24, 2.45) is 0 Å². The zero-order valence-electron chi connectivity index (χ0n) is 11.4. The first-order chi connectivity index (χ1) is 9.52. The topological polar surface area (TPSA) is 20.3 Å². The molecule has 0 saturated heterocycles. The minimum Gasteiger partial charge on any atom is -0.309 e. The average Bonchev–Trinajstić information content (AvgIpc) is 2.42. The molecule has 0 spiro atoms. The fraction of sp³-hybridized carbons (Fsp3) is 0.188. The number of amides is 1. The Morgan fingerprint density at radius 3 is 2.60 bits per heavy atom. The number of anilines is 1. The monoisotopic (exact) mass is 335 g/mol. The van der Waals surface area contributed by atoms with Gasteiger partial charge in [-0.2, -0.15) is 0 Å². The highest BCUT2D eigenvalue weighted by Crippen LogP contribution is 2.21. The standard InChI is InChI=1S/C16H15BrFNO/c1-3-19(14-6-4-5-13(18)10-14)16(20)12-7-8-15(17)11(2)9-12/h4-10H,3H2,1-2H3. The molecule has 0 atom stereocenters. The summed E-state index contributed by atoms with van der Waals surface area (Å²) in [6, 6.07) is 11.5. The average molecular weight is 336 g/mol. The summed E-state index contributed by atoms with van der Waals surface area (Å²) in [7, 11) is 0. The summed E-state index contributed by atoms with van der Waals surface area (Å²) in [5.74, 6) is -0.477. The van der Waals surface area contributed by atoms with Crippen molar-refractivity contribution in [1.82, 2.24) is 0 Å². The first-order valence-electron chi connectivity index (χ1n) is 6.36. The molecule has 2 aromatic rings. The lowest BCUT2D eigenvalue weighted by Crippen LogP contribution is -2.30. The van der Waals surface area contributed by atoms with E-state index in [-0.39, 0.29) is 11.7 Å². The molecule has 104 valence electrons. The Morgan fingerprint density at radius 2 is 2.00 bits per heavy atom. The summed E-state index contributed by atoms with van der Waals surface area (Å²) < 4.78 is 14.3. The van der Waals surface area contributed by atoms with E-state index in [1.807, 2.05) is 26.0 Å². The fourth-order valence-corrected chi connectivity index (χ4v) is 2.27. The Morgan fingerprint density at radius 1 is 1.25 bits per heavy atom. The van der Waals surface area contributed by atoms with Crippen molar-refractivity contribution in [2.75, 3.05) is 11.4 Å². The first kappa shape index (κ1) is 14.7. The van der Waals surface area contributed by atoms with E-state index in [9.17, 15) is 9.18 Å². The molecule has 0 radical (unpaired) electrons.